The fourth-order valence-corrected chi connectivity index (χ4v) is 4.27. The van der Waals surface area contributed by atoms with E-state index in [1.165, 1.54) is 12.1 Å². The van der Waals surface area contributed by atoms with Crippen LogP contribution in [0, 0.1) is 11.7 Å². The largest absolute Gasteiger partial charge is 0.409 e. The van der Waals surface area contributed by atoms with Crippen molar-refractivity contribution in [1.29, 1.82) is 0 Å². The van der Waals surface area contributed by atoms with Crippen molar-refractivity contribution >= 4 is 15.7 Å². The summed E-state index contributed by atoms with van der Waals surface area (Å²) in [7, 11) is -2.88. The highest BCUT2D eigenvalue weighted by Crippen LogP contribution is 2.17. The summed E-state index contributed by atoms with van der Waals surface area (Å²) in [4.78, 5) is 0. The maximum Gasteiger partial charge on any atom is 0.170 e. The molecule has 0 amide bonds. The second-order valence-corrected chi connectivity index (χ2v) is 7.46. The summed E-state index contributed by atoms with van der Waals surface area (Å²) < 4.78 is 36.1. The van der Waals surface area contributed by atoms with E-state index in [2.05, 4.69) is 10.5 Å². The van der Waals surface area contributed by atoms with Crippen LogP contribution in [0.2, 0.25) is 0 Å². The third kappa shape index (κ3) is 4.40. The molecule has 0 aliphatic carbocycles. The number of nitrogens with zero attached hydrogens (tertiary/aromatic N) is 1. The molecule has 1 aromatic rings. The first-order valence-corrected chi connectivity index (χ1v) is 8.40. The Labute approximate surface area is 122 Å². The number of hydrogen-bond donors (Lipinski definition) is 3. The van der Waals surface area contributed by atoms with E-state index in [9.17, 15) is 12.8 Å². The maximum atomic E-state index is 13.5. The molecule has 8 heteroatoms. The number of oxime groups is 1. The minimum atomic E-state index is -2.88. The summed E-state index contributed by atoms with van der Waals surface area (Å²) in [5.41, 5.74) is 6.39. The molecule has 0 radical (unpaired) electrons. The first-order chi connectivity index (χ1) is 9.89. The van der Waals surface area contributed by atoms with Gasteiger partial charge in [-0.25, -0.2) is 12.8 Å². The summed E-state index contributed by atoms with van der Waals surface area (Å²) in [6.07, 6.45) is 0.661. The third-order valence-corrected chi connectivity index (χ3v) is 5.29. The van der Waals surface area contributed by atoms with Gasteiger partial charge in [0.05, 0.1) is 11.5 Å². The molecule has 1 saturated heterocycles. The van der Waals surface area contributed by atoms with Gasteiger partial charge in [-0.05, 0) is 42.6 Å². The van der Waals surface area contributed by atoms with Gasteiger partial charge in [0.2, 0.25) is 0 Å². The van der Waals surface area contributed by atoms with Crippen LogP contribution >= 0.6 is 0 Å². The monoisotopic (exact) mass is 315 g/mol. The van der Waals surface area contributed by atoms with Crippen LogP contribution in [0.25, 0.3) is 0 Å². The van der Waals surface area contributed by atoms with Gasteiger partial charge in [0.25, 0.3) is 0 Å². The smallest absolute Gasteiger partial charge is 0.170 e. The zero-order valence-electron chi connectivity index (χ0n) is 11.4. The Bertz CT molecular complexity index is 646. The summed E-state index contributed by atoms with van der Waals surface area (Å²) >= 11 is 0. The lowest BCUT2D eigenvalue weighted by Gasteiger charge is -2.10. The van der Waals surface area contributed by atoms with E-state index in [1.807, 2.05) is 0 Å². The average molecular weight is 315 g/mol. The Morgan fingerprint density at radius 2 is 2.24 bits per heavy atom. The van der Waals surface area contributed by atoms with E-state index in [0.717, 1.165) is 0 Å². The van der Waals surface area contributed by atoms with Gasteiger partial charge < -0.3 is 16.3 Å². The summed E-state index contributed by atoms with van der Waals surface area (Å²) in [6.45, 7) is 0.953. The number of nitrogens with one attached hydrogen (secondary N) is 1. The van der Waals surface area contributed by atoms with Crippen LogP contribution in [0.15, 0.2) is 23.4 Å². The first kappa shape index (κ1) is 15.7. The topological polar surface area (TPSA) is 105 Å². The van der Waals surface area contributed by atoms with Crippen molar-refractivity contribution in [3.05, 3.63) is 35.1 Å². The Morgan fingerprint density at radius 1 is 1.48 bits per heavy atom. The number of hydrogen-bond acceptors (Lipinski definition) is 5. The molecule has 0 bridgehead atoms. The zero-order valence-corrected chi connectivity index (χ0v) is 12.2. The molecule has 1 aliphatic rings. The molecule has 0 saturated carbocycles. The van der Waals surface area contributed by atoms with E-state index in [0.29, 0.717) is 30.6 Å². The number of benzene rings is 1. The van der Waals surface area contributed by atoms with Crippen molar-refractivity contribution in [3.8, 4) is 0 Å². The first-order valence-electron chi connectivity index (χ1n) is 6.58. The van der Waals surface area contributed by atoms with E-state index >= 15 is 0 Å². The summed E-state index contributed by atoms with van der Waals surface area (Å²) in [5.74, 6) is -0.0741. The lowest BCUT2D eigenvalue weighted by Crippen LogP contribution is -2.23. The Balaban J connectivity index is 1.93. The van der Waals surface area contributed by atoms with Crippen LogP contribution < -0.4 is 11.1 Å². The fourth-order valence-electron chi connectivity index (χ4n) is 2.41. The van der Waals surface area contributed by atoms with Gasteiger partial charge in [-0.15, -0.1) is 0 Å². The number of sulfone groups is 1. The minimum absolute atomic E-state index is 0.104. The molecule has 1 fully saturated rings. The molecule has 2 rings (SSSR count). The van der Waals surface area contributed by atoms with Gasteiger partial charge in [-0.3, -0.25) is 0 Å². The maximum absolute atomic E-state index is 13.5. The molecule has 0 spiro atoms. The van der Waals surface area contributed by atoms with Crippen molar-refractivity contribution in [3.63, 3.8) is 0 Å². The molecular formula is C13H18FN3O3S. The Hall–Kier alpha value is -1.67. The molecular weight excluding hydrogens is 297 g/mol. The molecule has 1 heterocycles. The minimum Gasteiger partial charge on any atom is -0.409 e. The van der Waals surface area contributed by atoms with E-state index in [4.69, 9.17) is 10.9 Å². The van der Waals surface area contributed by atoms with Gasteiger partial charge in [-0.2, -0.15) is 0 Å². The highest BCUT2D eigenvalue weighted by atomic mass is 32.2. The normalized spacial score (nSPS) is 21.6. The van der Waals surface area contributed by atoms with E-state index < -0.39 is 15.7 Å². The second kappa shape index (κ2) is 6.40. The van der Waals surface area contributed by atoms with E-state index in [-0.39, 0.29) is 23.3 Å². The average Bonchev–Trinajstić information content (AvgIpc) is 2.76. The molecule has 1 aliphatic heterocycles. The molecule has 21 heavy (non-hydrogen) atoms. The molecule has 4 N–H and O–H groups in total. The second-order valence-electron chi connectivity index (χ2n) is 5.23. The van der Waals surface area contributed by atoms with Gasteiger partial charge >= 0.3 is 0 Å². The van der Waals surface area contributed by atoms with Crippen molar-refractivity contribution in [2.24, 2.45) is 16.8 Å². The van der Waals surface area contributed by atoms with Gasteiger partial charge in [-0.1, -0.05) is 5.16 Å². The lowest BCUT2D eigenvalue weighted by molar-refractivity contribution is 0.318. The predicted octanol–water partition coefficient (Wildman–Crippen LogP) is 0.445. The quantitative estimate of drug-likeness (QED) is 0.317. The van der Waals surface area contributed by atoms with Crippen molar-refractivity contribution in [2.75, 3.05) is 18.1 Å². The highest BCUT2D eigenvalue weighted by Gasteiger charge is 2.27. The Kier molecular flexibility index (Phi) is 4.79. The molecule has 0 aromatic heterocycles. The number of nitrogens with two attached hydrogens (primary N) is 1. The summed E-state index contributed by atoms with van der Waals surface area (Å²) in [6, 6.07) is 4.16. The number of rotatable bonds is 5. The fraction of sp³-hybridized carbons (Fsp3) is 0.462. The molecule has 1 unspecified atom stereocenters. The molecule has 116 valence electrons. The van der Waals surface area contributed by atoms with Gasteiger partial charge in [0.1, 0.15) is 5.82 Å². The standard InChI is InChI=1S/C13H18FN3O3S/c14-12-4-10(3-11(5-12)13(15)17-18)7-16-6-9-1-2-21(19,20)8-9/h3-5,9,16,18H,1-2,6-8H2,(H2,15,17). The Morgan fingerprint density at radius 3 is 2.86 bits per heavy atom. The van der Waals surface area contributed by atoms with Gasteiger partial charge in [0.15, 0.2) is 15.7 Å². The zero-order chi connectivity index (χ0) is 15.5. The van der Waals surface area contributed by atoms with Crippen molar-refractivity contribution in [2.45, 2.75) is 13.0 Å². The molecule has 1 atom stereocenters. The molecule has 1 aromatic carbocycles. The van der Waals surface area contributed by atoms with E-state index in [1.54, 1.807) is 6.07 Å². The van der Waals surface area contributed by atoms with Crippen molar-refractivity contribution < 1.29 is 18.0 Å². The van der Waals surface area contributed by atoms with Crippen LogP contribution in [0.3, 0.4) is 0 Å². The third-order valence-electron chi connectivity index (χ3n) is 3.45. The predicted molar refractivity (Wildman–Crippen MR) is 77.4 cm³/mol. The SMILES string of the molecule is N/C(=N/O)c1cc(F)cc(CNCC2CCS(=O)(=O)C2)c1. The highest BCUT2D eigenvalue weighted by molar-refractivity contribution is 7.91. The van der Waals surface area contributed by atoms with Gasteiger partial charge in [0, 0.05) is 12.1 Å². The van der Waals surface area contributed by atoms with Crippen LogP contribution in [-0.4, -0.2) is 37.5 Å². The number of amidine groups is 1. The van der Waals surface area contributed by atoms with Crippen LogP contribution in [-0.2, 0) is 16.4 Å². The van der Waals surface area contributed by atoms with Crippen LogP contribution in [0.1, 0.15) is 17.5 Å². The molecule has 6 nitrogen and oxygen atoms in total. The van der Waals surface area contributed by atoms with Crippen LogP contribution in [0.4, 0.5) is 4.39 Å². The summed E-state index contributed by atoms with van der Waals surface area (Å²) in [5, 5.41) is 14.6. The number of halogens is 1. The lowest BCUT2D eigenvalue weighted by atomic mass is 10.1. The van der Waals surface area contributed by atoms with Crippen LogP contribution in [0.5, 0.6) is 0 Å². The van der Waals surface area contributed by atoms with Crippen molar-refractivity contribution in [1.82, 2.24) is 5.32 Å².